The van der Waals surface area contributed by atoms with Crippen LogP contribution in [-0.2, 0) is 6.42 Å². The van der Waals surface area contributed by atoms with E-state index in [1.54, 1.807) is 12.1 Å². The van der Waals surface area contributed by atoms with Crippen molar-refractivity contribution in [3.63, 3.8) is 0 Å². The summed E-state index contributed by atoms with van der Waals surface area (Å²) >= 11 is 0. The lowest BCUT2D eigenvalue weighted by molar-refractivity contribution is -0.385. The van der Waals surface area contributed by atoms with E-state index in [4.69, 9.17) is 0 Å². The SMILES string of the molecule is CCC1(NCCc2ccccc2[N+](=O)[O-])CCC1. The molecule has 2 rings (SSSR count). The lowest BCUT2D eigenvalue weighted by atomic mass is 9.75. The summed E-state index contributed by atoms with van der Waals surface area (Å²) in [6.45, 7) is 3.02. The van der Waals surface area contributed by atoms with Gasteiger partial charge in [0.05, 0.1) is 4.92 Å². The predicted molar refractivity (Wildman–Crippen MR) is 71.7 cm³/mol. The van der Waals surface area contributed by atoms with Crippen molar-refractivity contribution in [3.05, 3.63) is 39.9 Å². The van der Waals surface area contributed by atoms with Crippen LogP contribution in [-0.4, -0.2) is 17.0 Å². The Morgan fingerprint density at radius 1 is 1.39 bits per heavy atom. The second-order valence-corrected chi connectivity index (χ2v) is 5.05. The Bertz CT molecular complexity index is 422. The number of rotatable bonds is 6. The quantitative estimate of drug-likeness (QED) is 0.621. The van der Waals surface area contributed by atoms with Gasteiger partial charge in [0.25, 0.3) is 5.69 Å². The van der Waals surface area contributed by atoms with Gasteiger partial charge in [-0.3, -0.25) is 10.1 Å². The van der Waals surface area contributed by atoms with Gasteiger partial charge in [0.15, 0.2) is 0 Å². The molecule has 0 atom stereocenters. The summed E-state index contributed by atoms with van der Waals surface area (Å²) < 4.78 is 0. The lowest BCUT2D eigenvalue weighted by Gasteiger charge is -2.42. The first-order valence-electron chi connectivity index (χ1n) is 6.64. The number of hydrogen-bond donors (Lipinski definition) is 1. The van der Waals surface area contributed by atoms with Crippen LogP contribution in [0.15, 0.2) is 24.3 Å². The van der Waals surface area contributed by atoms with Gasteiger partial charge < -0.3 is 5.32 Å². The van der Waals surface area contributed by atoms with Gasteiger partial charge in [0, 0.05) is 17.2 Å². The summed E-state index contributed by atoms with van der Waals surface area (Å²) in [5, 5.41) is 14.5. The molecule has 0 heterocycles. The lowest BCUT2D eigenvalue weighted by Crippen LogP contribution is -2.51. The van der Waals surface area contributed by atoms with Crippen LogP contribution in [0.25, 0.3) is 0 Å². The summed E-state index contributed by atoms with van der Waals surface area (Å²) in [5.74, 6) is 0. The van der Waals surface area contributed by atoms with E-state index >= 15 is 0 Å². The third kappa shape index (κ3) is 2.70. The van der Waals surface area contributed by atoms with E-state index in [0.29, 0.717) is 5.54 Å². The molecule has 1 aromatic rings. The van der Waals surface area contributed by atoms with Crippen LogP contribution in [0.4, 0.5) is 5.69 Å². The Morgan fingerprint density at radius 3 is 2.67 bits per heavy atom. The Labute approximate surface area is 108 Å². The molecule has 0 radical (unpaired) electrons. The van der Waals surface area contributed by atoms with Crippen LogP contribution >= 0.6 is 0 Å². The molecule has 0 amide bonds. The average molecular weight is 248 g/mol. The highest BCUT2D eigenvalue weighted by Crippen LogP contribution is 2.34. The molecule has 0 spiro atoms. The smallest absolute Gasteiger partial charge is 0.272 e. The van der Waals surface area contributed by atoms with Crippen LogP contribution in [0, 0.1) is 10.1 Å². The maximum Gasteiger partial charge on any atom is 0.272 e. The zero-order chi connectivity index (χ0) is 13.0. The number of nitro benzene ring substituents is 1. The van der Waals surface area contributed by atoms with Crippen molar-refractivity contribution in [2.75, 3.05) is 6.54 Å². The van der Waals surface area contributed by atoms with E-state index in [2.05, 4.69) is 12.2 Å². The summed E-state index contributed by atoms with van der Waals surface area (Å²) in [6.07, 6.45) is 5.63. The molecular weight excluding hydrogens is 228 g/mol. The minimum absolute atomic E-state index is 0.235. The molecule has 98 valence electrons. The standard InChI is InChI=1S/C14H20N2O2/c1-2-14(9-5-10-14)15-11-8-12-6-3-4-7-13(12)16(17)18/h3-4,6-7,15H,2,5,8-11H2,1H3. The minimum Gasteiger partial charge on any atom is -0.311 e. The molecular formula is C14H20N2O2. The molecule has 1 aliphatic carbocycles. The van der Waals surface area contributed by atoms with Crippen LogP contribution in [0.1, 0.15) is 38.2 Å². The molecule has 1 aliphatic rings. The van der Waals surface area contributed by atoms with Crippen molar-refractivity contribution in [2.24, 2.45) is 0 Å². The largest absolute Gasteiger partial charge is 0.311 e. The highest BCUT2D eigenvalue weighted by Gasteiger charge is 2.34. The third-order valence-electron chi connectivity index (χ3n) is 4.07. The van der Waals surface area contributed by atoms with Crippen LogP contribution in [0.2, 0.25) is 0 Å². The zero-order valence-electron chi connectivity index (χ0n) is 10.8. The molecule has 1 aromatic carbocycles. The van der Waals surface area contributed by atoms with E-state index in [1.807, 2.05) is 12.1 Å². The normalized spacial score (nSPS) is 17.2. The number of nitro groups is 1. The van der Waals surface area contributed by atoms with Gasteiger partial charge in [-0.15, -0.1) is 0 Å². The molecule has 0 saturated heterocycles. The molecule has 1 N–H and O–H groups in total. The van der Waals surface area contributed by atoms with E-state index in [-0.39, 0.29) is 10.6 Å². The summed E-state index contributed by atoms with van der Waals surface area (Å²) in [4.78, 5) is 10.6. The van der Waals surface area contributed by atoms with Crippen molar-refractivity contribution in [1.82, 2.24) is 5.32 Å². The second-order valence-electron chi connectivity index (χ2n) is 5.05. The monoisotopic (exact) mass is 248 g/mol. The minimum atomic E-state index is -0.297. The molecule has 1 saturated carbocycles. The number of para-hydroxylation sites is 1. The van der Waals surface area contributed by atoms with Crippen molar-refractivity contribution in [1.29, 1.82) is 0 Å². The first kappa shape index (κ1) is 13.0. The fraction of sp³-hybridized carbons (Fsp3) is 0.571. The topological polar surface area (TPSA) is 55.2 Å². The van der Waals surface area contributed by atoms with Crippen molar-refractivity contribution in [3.8, 4) is 0 Å². The molecule has 0 aliphatic heterocycles. The Balaban J connectivity index is 1.92. The average Bonchev–Trinajstić information content (AvgIpc) is 2.33. The van der Waals surface area contributed by atoms with Gasteiger partial charge in [-0.25, -0.2) is 0 Å². The van der Waals surface area contributed by atoms with E-state index in [0.717, 1.165) is 24.9 Å². The van der Waals surface area contributed by atoms with Gasteiger partial charge in [0.2, 0.25) is 0 Å². The predicted octanol–water partition coefficient (Wildman–Crippen LogP) is 3.06. The van der Waals surface area contributed by atoms with Gasteiger partial charge in [-0.05, 0) is 38.6 Å². The first-order chi connectivity index (χ1) is 8.67. The van der Waals surface area contributed by atoms with E-state index < -0.39 is 0 Å². The maximum atomic E-state index is 10.9. The number of benzene rings is 1. The number of nitrogens with one attached hydrogen (secondary N) is 1. The Kier molecular flexibility index (Phi) is 3.97. The molecule has 4 heteroatoms. The highest BCUT2D eigenvalue weighted by molar-refractivity contribution is 5.39. The second kappa shape index (κ2) is 5.48. The van der Waals surface area contributed by atoms with Crippen LogP contribution < -0.4 is 5.32 Å². The molecule has 0 bridgehead atoms. The fourth-order valence-electron chi connectivity index (χ4n) is 2.62. The highest BCUT2D eigenvalue weighted by atomic mass is 16.6. The zero-order valence-corrected chi connectivity index (χ0v) is 10.8. The van der Waals surface area contributed by atoms with Crippen molar-refractivity contribution in [2.45, 2.75) is 44.6 Å². The Morgan fingerprint density at radius 2 is 2.11 bits per heavy atom. The molecule has 0 aromatic heterocycles. The maximum absolute atomic E-state index is 10.9. The fourth-order valence-corrected chi connectivity index (χ4v) is 2.62. The van der Waals surface area contributed by atoms with Crippen LogP contribution in [0.3, 0.4) is 0 Å². The van der Waals surface area contributed by atoms with Crippen LogP contribution in [0.5, 0.6) is 0 Å². The number of nitrogens with zero attached hydrogens (tertiary/aromatic N) is 1. The molecule has 4 nitrogen and oxygen atoms in total. The Hall–Kier alpha value is -1.42. The summed E-state index contributed by atoms with van der Waals surface area (Å²) in [6, 6.07) is 7.00. The van der Waals surface area contributed by atoms with E-state index in [9.17, 15) is 10.1 Å². The molecule has 1 fully saturated rings. The molecule has 0 unspecified atom stereocenters. The van der Waals surface area contributed by atoms with Gasteiger partial charge in [0.1, 0.15) is 0 Å². The summed E-state index contributed by atoms with van der Waals surface area (Å²) in [5.41, 5.74) is 1.36. The van der Waals surface area contributed by atoms with Gasteiger partial charge >= 0.3 is 0 Å². The molecule has 18 heavy (non-hydrogen) atoms. The van der Waals surface area contributed by atoms with Gasteiger partial charge in [-0.1, -0.05) is 25.1 Å². The third-order valence-corrected chi connectivity index (χ3v) is 4.07. The van der Waals surface area contributed by atoms with Gasteiger partial charge in [-0.2, -0.15) is 0 Å². The van der Waals surface area contributed by atoms with Crippen molar-refractivity contribution >= 4 is 5.69 Å². The number of hydrogen-bond acceptors (Lipinski definition) is 3. The van der Waals surface area contributed by atoms with E-state index in [1.165, 1.54) is 19.3 Å². The first-order valence-corrected chi connectivity index (χ1v) is 6.64. The van der Waals surface area contributed by atoms with Crippen molar-refractivity contribution < 1.29 is 4.92 Å². The summed E-state index contributed by atoms with van der Waals surface area (Å²) in [7, 11) is 0.